The van der Waals surface area contributed by atoms with Crippen molar-refractivity contribution >= 4 is 131 Å². The summed E-state index contributed by atoms with van der Waals surface area (Å²) in [4.78, 5) is 16.0. The molecule has 0 spiro atoms. The molecule has 108 heavy (non-hydrogen) atoms. The molecule has 23 rings (SSSR count). The van der Waals surface area contributed by atoms with E-state index in [0.717, 1.165) is 177 Å². The molecule has 23 aromatic rings. The molecule has 0 atom stereocenters. The van der Waals surface area contributed by atoms with Gasteiger partial charge < -0.3 is 27.0 Å². The first-order valence-corrected chi connectivity index (χ1v) is 36.5. The quantitative estimate of drug-likeness (QED) is 0.135. The molecule has 7 heterocycles. The van der Waals surface area contributed by atoms with Gasteiger partial charge in [0.1, 0.15) is 33.5 Å². The van der Waals surface area contributed by atoms with Crippen LogP contribution in [0.2, 0.25) is 0 Å². The van der Waals surface area contributed by atoms with E-state index in [1.807, 2.05) is 36.4 Å². The number of benzene rings is 16. The maximum atomic E-state index is 6.22. The molecule has 0 aliphatic rings. The monoisotopic (exact) mass is 1380 g/mol. The van der Waals surface area contributed by atoms with Gasteiger partial charge in [-0.3, -0.25) is 0 Å². The summed E-state index contributed by atoms with van der Waals surface area (Å²) in [6.07, 6.45) is 0. The van der Waals surface area contributed by atoms with Crippen molar-refractivity contribution in [3.8, 4) is 95.7 Å². The largest absolute Gasteiger partial charge is 0.456 e. The van der Waals surface area contributed by atoms with Gasteiger partial charge in [-0.1, -0.05) is 182 Å². The number of para-hydroxylation sites is 6. The molecule has 0 bridgehead atoms. The Morgan fingerprint density at radius 2 is 0.370 bits per heavy atom. The second kappa shape index (κ2) is 23.4. The minimum absolute atomic E-state index is 0.573. The minimum Gasteiger partial charge on any atom is -0.456 e. The summed E-state index contributed by atoms with van der Waals surface area (Å²) >= 11 is 0. The summed E-state index contributed by atoms with van der Waals surface area (Å²) in [5.41, 5.74) is 26.9. The first-order valence-electron chi connectivity index (χ1n) is 36.5. The predicted octanol–water partition coefficient (Wildman–Crippen LogP) is 26.5. The van der Waals surface area contributed by atoms with Gasteiger partial charge >= 0.3 is 0 Å². The van der Waals surface area contributed by atoms with Crippen LogP contribution in [0.5, 0.6) is 0 Å². The molecule has 0 aliphatic carbocycles. The van der Waals surface area contributed by atoms with E-state index >= 15 is 0 Å². The van der Waals surface area contributed by atoms with Crippen molar-refractivity contribution in [2.45, 2.75) is 0 Å². The first kappa shape index (κ1) is 59.8. The van der Waals surface area contributed by atoms with Crippen LogP contribution < -0.4 is 0 Å². The van der Waals surface area contributed by atoms with Gasteiger partial charge in [-0.05, 0) is 214 Å². The van der Waals surface area contributed by atoms with Crippen LogP contribution in [0.3, 0.4) is 0 Å². The van der Waals surface area contributed by atoms with E-state index in [4.69, 9.17) is 28.2 Å². The third-order valence-electron chi connectivity index (χ3n) is 22.2. The van der Waals surface area contributed by atoms with Crippen molar-refractivity contribution in [2.24, 2.45) is 0 Å². The summed E-state index contributed by atoms with van der Waals surface area (Å²) in [6.45, 7) is 0. The van der Waals surface area contributed by atoms with Gasteiger partial charge in [-0.2, -0.15) is 0 Å². The van der Waals surface area contributed by atoms with Gasteiger partial charge in [0.25, 0.3) is 0 Å². The summed E-state index contributed by atoms with van der Waals surface area (Å²) < 4.78 is 25.7. The second-order valence-corrected chi connectivity index (χ2v) is 28.2. The van der Waals surface area contributed by atoms with Gasteiger partial charge in [0.15, 0.2) is 17.5 Å². The van der Waals surface area contributed by atoms with E-state index in [2.05, 4.69) is 329 Å². The van der Waals surface area contributed by atoms with Crippen LogP contribution in [0.25, 0.3) is 227 Å². The van der Waals surface area contributed by atoms with Crippen molar-refractivity contribution in [3.05, 3.63) is 352 Å². The normalized spacial score (nSPS) is 12.1. The van der Waals surface area contributed by atoms with Gasteiger partial charge in [0.05, 0.1) is 33.1 Å². The molecular weight excluding hydrogens is 1320 g/mol. The molecule has 0 fully saturated rings. The Balaban J connectivity index is 0.595. The number of hydrogen-bond acceptors (Lipinski definition) is 6. The summed E-state index contributed by atoms with van der Waals surface area (Å²) in [7, 11) is 0. The highest BCUT2D eigenvalue weighted by Gasteiger charge is 2.22. The number of hydrogen-bond donors (Lipinski definition) is 0. The van der Waals surface area contributed by atoms with Crippen LogP contribution in [0.15, 0.2) is 365 Å². The highest BCUT2D eigenvalue weighted by molar-refractivity contribution is 6.15. The molecule has 0 N–H and O–H groups in total. The lowest BCUT2D eigenvalue weighted by molar-refractivity contribution is 0.668. The first-order chi connectivity index (χ1) is 53.5. The predicted molar refractivity (Wildman–Crippen MR) is 443 cm³/mol. The zero-order chi connectivity index (χ0) is 70.7. The molecule has 9 nitrogen and oxygen atoms in total. The van der Waals surface area contributed by atoms with Crippen molar-refractivity contribution < 1.29 is 13.3 Å². The van der Waals surface area contributed by atoms with Gasteiger partial charge in [0, 0.05) is 98.4 Å². The lowest BCUT2D eigenvalue weighted by atomic mass is 10.0. The molecular formula is C99H58N6O3. The molecule has 0 unspecified atom stereocenters. The smallest absolute Gasteiger partial charge is 0.164 e. The van der Waals surface area contributed by atoms with Crippen LogP contribution in [-0.4, -0.2) is 28.7 Å². The van der Waals surface area contributed by atoms with Crippen molar-refractivity contribution in [1.29, 1.82) is 0 Å². The molecule has 9 heteroatoms. The van der Waals surface area contributed by atoms with E-state index in [1.54, 1.807) is 0 Å². The van der Waals surface area contributed by atoms with E-state index < -0.39 is 0 Å². The fraction of sp³-hybridized carbons (Fsp3) is 0. The van der Waals surface area contributed by atoms with Gasteiger partial charge in [-0.15, -0.1) is 0 Å². The standard InChI is InChI=1S/C99H58N6O3/c1-7-19-85-73(13-1)79-53-64(67-38-50-94-82(56-67)76-16-4-10-22-91(76)106-94)35-47-88(79)103(85)70-41-29-60(30-42-70)59-25-27-61(28-26-59)97-100-98(62-31-43-71(44-32-62)104-86-20-8-2-14-74(86)80-54-65(36-48-89(80)104)68-39-51-95-83(57-68)77-17-5-11-23-92(77)107-95)102-99(101-97)63-33-45-72(46-34-63)105-87-21-9-3-15-75(87)81-55-66(37-49-90(81)105)69-40-52-96-84(58-69)78-18-6-12-24-93(78)108-96/h1-58H. The molecule has 16 aromatic carbocycles. The van der Waals surface area contributed by atoms with Crippen molar-refractivity contribution in [2.75, 3.05) is 0 Å². The maximum absolute atomic E-state index is 6.22. The van der Waals surface area contributed by atoms with E-state index in [0.29, 0.717) is 17.5 Å². The minimum atomic E-state index is 0.573. The van der Waals surface area contributed by atoms with E-state index in [-0.39, 0.29) is 0 Å². The Morgan fingerprint density at radius 3 is 0.685 bits per heavy atom. The fourth-order valence-corrected chi connectivity index (χ4v) is 16.9. The average Bonchev–Trinajstić information content (AvgIpc) is 1.59. The average molecular weight is 1380 g/mol. The summed E-state index contributed by atoms with van der Waals surface area (Å²) in [6, 6.07) is 126. The lowest BCUT2D eigenvalue weighted by Gasteiger charge is -2.12. The number of rotatable bonds is 10. The lowest BCUT2D eigenvalue weighted by Crippen LogP contribution is -2.01. The van der Waals surface area contributed by atoms with Crippen molar-refractivity contribution in [1.82, 2.24) is 28.7 Å². The zero-order valence-corrected chi connectivity index (χ0v) is 57.9. The SMILES string of the molecule is c1ccc2c(c1)oc1ccc(-c3ccc4c(c3)c3ccccc3n4-c3ccc(-c4ccc(-c5nc(-c6ccc(-n7c8ccccc8c8cc(-c9ccc%10oc%11ccccc%11c%10c9)ccc87)cc6)nc(-c6ccc(-n7c8ccccc8c8cc(-c9ccc%10oc%11ccccc%11c%10c9)ccc87)cc6)n5)cc4)cc3)cc12. The molecule has 0 amide bonds. The second-order valence-electron chi connectivity index (χ2n) is 28.2. The summed E-state index contributed by atoms with van der Waals surface area (Å²) in [5, 5.41) is 13.8. The van der Waals surface area contributed by atoms with E-state index in [1.165, 1.54) is 32.3 Å². The number of fused-ring (bicyclic) bond motifs is 18. The molecule has 7 aromatic heterocycles. The van der Waals surface area contributed by atoms with Crippen LogP contribution in [-0.2, 0) is 0 Å². The van der Waals surface area contributed by atoms with Crippen LogP contribution >= 0.6 is 0 Å². The molecule has 0 aliphatic heterocycles. The van der Waals surface area contributed by atoms with Crippen molar-refractivity contribution in [3.63, 3.8) is 0 Å². The highest BCUT2D eigenvalue weighted by Crippen LogP contribution is 2.43. The maximum Gasteiger partial charge on any atom is 0.164 e. The Morgan fingerprint density at radius 1 is 0.157 bits per heavy atom. The summed E-state index contributed by atoms with van der Waals surface area (Å²) in [5.74, 6) is 1.72. The molecule has 0 radical (unpaired) electrons. The Labute approximate surface area is 616 Å². The van der Waals surface area contributed by atoms with E-state index in [9.17, 15) is 0 Å². The third kappa shape index (κ3) is 9.42. The van der Waals surface area contributed by atoms with Gasteiger partial charge in [0.2, 0.25) is 0 Å². The molecule has 502 valence electrons. The highest BCUT2D eigenvalue weighted by atomic mass is 16.3. The number of nitrogens with zero attached hydrogens (tertiary/aromatic N) is 6. The molecule has 0 saturated carbocycles. The van der Waals surface area contributed by atoms with Crippen LogP contribution in [0.1, 0.15) is 0 Å². The number of furan rings is 3. The Hall–Kier alpha value is -14.7. The topological polar surface area (TPSA) is 92.9 Å². The fourth-order valence-electron chi connectivity index (χ4n) is 16.9. The zero-order valence-electron chi connectivity index (χ0n) is 57.9. The molecule has 0 saturated heterocycles. The number of aromatic nitrogens is 6. The Kier molecular flexibility index (Phi) is 13.0. The third-order valence-corrected chi connectivity index (χ3v) is 22.2. The van der Waals surface area contributed by atoms with Crippen LogP contribution in [0.4, 0.5) is 0 Å². The Bertz CT molecular complexity index is 7360. The van der Waals surface area contributed by atoms with Gasteiger partial charge in [-0.25, -0.2) is 15.0 Å². The van der Waals surface area contributed by atoms with Crippen LogP contribution in [0, 0.1) is 0 Å².